The summed E-state index contributed by atoms with van der Waals surface area (Å²) in [6.07, 6.45) is 3.99. The third-order valence-corrected chi connectivity index (χ3v) is 3.90. The Labute approximate surface area is 92.9 Å². The molecule has 1 saturated carbocycles. The molecule has 0 radical (unpaired) electrons. The van der Waals surface area contributed by atoms with Gasteiger partial charge in [-0.3, -0.25) is 0 Å². The van der Waals surface area contributed by atoms with Gasteiger partial charge in [0.15, 0.2) is 0 Å². The summed E-state index contributed by atoms with van der Waals surface area (Å²) in [7, 11) is 0. The minimum absolute atomic E-state index is 0.266. The molecule has 1 aliphatic rings. The van der Waals surface area contributed by atoms with Gasteiger partial charge in [0.2, 0.25) is 0 Å². The van der Waals surface area contributed by atoms with Crippen molar-refractivity contribution in [2.45, 2.75) is 25.3 Å². The molecule has 0 saturated heterocycles. The predicted octanol–water partition coefficient (Wildman–Crippen LogP) is 3.09. The zero-order valence-electron chi connectivity index (χ0n) is 7.54. The van der Waals surface area contributed by atoms with E-state index in [0.717, 1.165) is 5.92 Å². The molecule has 2 N–H and O–H groups in total. The van der Waals surface area contributed by atoms with E-state index >= 15 is 0 Å². The molecule has 70 valence electrons. The van der Waals surface area contributed by atoms with E-state index in [1.165, 1.54) is 28.4 Å². The van der Waals surface area contributed by atoms with Crippen molar-refractivity contribution in [3.63, 3.8) is 0 Å². The minimum atomic E-state index is 0.266. The molecule has 1 aliphatic carbocycles. The third kappa shape index (κ3) is 1.89. The van der Waals surface area contributed by atoms with Crippen molar-refractivity contribution in [1.82, 2.24) is 0 Å². The van der Waals surface area contributed by atoms with Gasteiger partial charge < -0.3 is 5.73 Å². The highest BCUT2D eigenvalue weighted by Gasteiger charge is 2.26. The first-order valence-electron chi connectivity index (χ1n) is 4.79. The van der Waals surface area contributed by atoms with Gasteiger partial charge in [0.1, 0.15) is 0 Å². The molecule has 2 heteroatoms. The summed E-state index contributed by atoms with van der Waals surface area (Å²) in [6, 6.07) is 8.70. The van der Waals surface area contributed by atoms with Gasteiger partial charge in [-0.1, -0.05) is 24.6 Å². The van der Waals surface area contributed by atoms with Gasteiger partial charge >= 0.3 is 0 Å². The Bertz CT molecular complexity index is 294. The van der Waals surface area contributed by atoms with Crippen molar-refractivity contribution in [1.29, 1.82) is 0 Å². The Morgan fingerprint density at radius 2 is 2.00 bits per heavy atom. The lowest BCUT2D eigenvalue weighted by molar-refractivity contribution is 0.264. The largest absolute Gasteiger partial charge is 0.324 e. The van der Waals surface area contributed by atoms with E-state index in [9.17, 15) is 0 Å². The van der Waals surface area contributed by atoms with E-state index in [1.54, 1.807) is 0 Å². The normalized spacial score (nSPS) is 19.5. The summed E-state index contributed by atoms with van der Waals surface area (Å²) in [6.45, 7) is 0. The van der Waals surface area contributed by atoms with E-state index in [4.69, 9.17) is 5.73 Å². The maximum Gasteiger partial charge on any atom is 0.0334 e. The molecule has 13 heavy (non-hydrogen) atoms. The molecular weight excluding hydrogens is 273 g/mol. The minimum Gasteiger partial charge on any atom is -0.324 e. The lowest BCUT2D eigenvalue weighted by Gasteiger charge is -2.31. The Hall–Kier alpha value is -0.0900. The van der Waals surface area contributed by atoms with Gasteiger partial charge in [0, 0.05) is 9.61 Å². The van der Waals surface area contributed by atoms with Crippen LogP contribution in [-0.2, 0) is 0 Å². The van der Waals surface area contributed by atoms with Crippen molar-refractivity contribution in [2.24, 2.45) is 11.7 Å². The monoisotopic (exact) mass is 287 g/mol. The van der Waals surface area contributed by atoms with Crippen LogP contribution in [0.5, 0.6) is 0 Å². The topological polar surface area (TPSA) is 26.0 Å². The Kier molecular flexibility index (Phi) is 2.89. The summed E-state index contributed by atoms with van der Waals surface area (Å²) in [5, 5.41) is 0. The molecular formula is C11H14IN. The van der Waals surface area contributed by atoms with Crippen LogP contribution < -0.4 is 5.73 Å². The van der Waals surface area contributed by atoms with Crippen molar-refractivity contribution in [3.05, 3.63) is 33.4 Å². The maximum atomic E-state index is 6.20. The molecule has 1 aromatic rings. The molecule has 1 unspecified atom stereocenters. The SMILES string of the molecule is NC(c1ccccc1I)C1CCC1. The fraction of sp³-hybridized carbons (Fsp3) is 0.455. The van der Waals surface area contributed by atoms with E-state index in [-0.39, 0.29) is 6.04 Å². The second kappa shape index (κ2) is 3.96. The van der Waals surface area contributed by atoms with Crippen LogP contribution in [0.3, 0.4) is 0 Å². The van der Waals surface area contributed by atoms with E-state index in [1.807, 2.05) is 0 Å². The van der Waals surface area contributed by atoms with Crippen molar-refractivity contribution in [3.8, 4) is 0 Å². The van der Waals surface area contributed by atoms with Gasteiger partial charge in [-0.2, -0.15) is 0 Å². The van der Waals surface area contributed by atoms with E-state index < -0.39 is 0 Å². The van der Waals surface area contributed by atoms with Crippen LogP contribution in [0.1, 0.15) is 30.9 Å². The van der Waals surface area contributed by atoms with Gasteiger partial charge in [-0.05, 0) is 53.0 Å². The first-order chi connectivity index (χ1) is 6.29. The predicted molar refractivity (Wildman–Crippen MR) is 63.4 cm³/mol. The van der Waals surface area contributed by atoms with Gasteiger partial charge in [0.05, 0.1) is 0 Å². The van der Waals surface area contributed by atoms with Crippen LogP contribution >= 0.6 is 22.6 Å². The molecule has 0 aromatic heterocycles. The van der Waals surface area contributed by atoms with Gasteiger partial charge in [-0.15, -0.1) is 0 Å². The Morgan fingerprint density at radius 1 is 1.31 bits per heavy atom. The second-order valence-electron chi connectivity index (χ2n) is 3.74. The van der Waals surface area contributed by atoms with Crippen LogP contribution in [0, 0.1) is 9.49 Å². The average molecular weight is 287 g/mol. The molecule has 1 atom stereocenters. The Morgan fingerprint density at radius 3 is 2.54 bits per heavy atom. The quantitative estimate of drug-likeness (QED) is 0.831. The number of nitrogens with two attached hydrogens (primary N) is 1. The van der Waals surface area contributed by atoms with Gasteiger partial charge in [-0.25, -0.2) is 0 Å². The van der Waals surface area contributed by atoms with Crippen LogP contribution in [0.15, 0.2) is 24.3 Å². The van der Waals surface area contributed by atoms with Crippen molar-refractivity contribution < 1.29 is 0 Å². The first kappa shape index (κ1) is 9.46. The van der Waals surface area contributed by atoms with Crippen LogP contribution in [0.25, 0.3) is 0 Å². The molecule has 1 nitrogen and oxygen atoms in total. The molecule has 0 aliphatic heterocycles. The van der Waals surface area contributed by atoms with Crippen LogP contribution in [0.4, 0.5) is 0 Å². The summed E-state index contributed by atoms with van der Waals surface area (Å²) in [4.78, 5) is 0. The first-order valence-corrected chi connectivity index (χ1v) is 5.87. The van der Waals surface area contributed by atoms with Crippen molar-refractivity contribution in [2.75, 3.05) is 0 Å². The highest BCUT2D eigenvalue weighted by atomic mass is 127. The van der Waals surface area contributed by atoms with E-state index in [2.05, 4.69) is 46.9 Å². The highest BCUT2D eigenvalue weighted by molar-refractivity contribution is 14.1. The second-order valence-corrected chi connectivity index (χ2v) is 4.90. The zero-order chi connectivity index (χ0) is 9.26. The Balaban J connectivity index is 2.18. The summed E-state index contributed by atoms with van der Waals surface area (Å²) in [5.41, 5.74) is 7.52. The molecule has 1 aromatic carbocycles. The molecule has 0 spiro atoms. The third-order valence-electron chi connectivity index (χ3n) is 2.92. The summed E-state index contributed by atoms with van der Waals surface area (Å²) in [5.74, 6) is 0.732. The number of benzene rings is 1. The van der Waals surface area contributed by atoms with E-state index in [0.29, 0.717) is 0 Å². The lowest BCUT2D eigenvalue weighted by atomic mass is 9.78. The number of hydrogen-bond donors (Lipinski definition) is 1. The van der Waals surface area contributed by atoms with Crippen molar-refractivity contribution >= 4 is 22.6 Å². The number of rotatable bonds is 2. The molecule has 0 bridgehead atoms. The average Bonchev–Trinajstić information content (AvgIpc) is 2.01. The summed E-state index contributed by atoms with van der Waals surface area (Å²) < 4.78 is 1.31. The molecule has 0 heterocycles. The fourth-order valence-electron chi connectivity index (χ4n) is 1.80. The standard InChI is InChI=1S/C11H14IN/c12-10-7-2-1-6-9(10)11(13)8-4-3-5-8/h1-2,6-8,11H,3-5,13H2. The molecule has 1 fully saturated rings. The van der Waals surface area contributed by atoms with Gasteiger partial charge in [0.25, 0.3) is 0 Å². The number of halogens is 1. The maximum absolute atomic E-state index is 6.20. The van der Waals surface area contributed by atoms with Crippen LogP contribution in [-0.4, -0.2) is 0 Å². The fourth-order valence-corrected chi connectivity index (χ4v) is 2.55. The molecule has 0 amide bonds. The van der Waals surface area contributed by atoms with Crippen LogP contribution in [0.2, 0.25) is 0 Å². The zero-order valence-corrected chi connectivity index (χ0v) is 9.70. The summed E-state index contributed by atoms with van der Waals surface area (Å²) >= 11 is 2.37. The molecule has 2 rings (SSSR count). The number of hydrogen-bond acceptors (Lipinski definition) is 1. The highest BCUT2D eigenvalue weighted by Crippen LogP contribution is 2.37. The smallest absolute Gasteiger partial charge is 0.0334 e. The lowest BCUT2D eigenvalue weighted by Crippen LogP contribution is -2.27.